The Kier molecular flexibility index (Phi) is 7.06. The predicted octanol–water partition coefficient (Wildman–Crippen LogP) is 3.94. The highest BCUT2D eigenvalue weighted by Crippen LogP contribution is 2.69. The van der Waals surface area contributed by atoms with Crippen molar-refractivity contribution in [3.05, 3.63) is 23.8 Å². The summed E-state index contributed by atoms with van der Waals surface area (Å²) in [5, 5.41) is 11.4. The van der Waals surface area contributed by atoms with Crippen LogP contribution in [-0.4, -0.2) is 52.3 Å². The Morgan fingerprint density at radius 2 is 1.83 bits per heavy atom. The molecule has 0 saturated heterocycles. The Balaban J connectivity index is 1.79. The van der Waals surface area contributed by atoms with E-state index in [1.807, 2.05) is 26.8 Å². The van der Waals surface area contributed by atoms with Crippen molar-refractivity contribution in [3.63, 3.8) is 0 Å². The zero-order valence-electron chi connectivity index (χ0n) is 21.7. The van der Waals surface area contributed by atoms with Crippen LogP contribution in [-0.2, 0) is 28.7 Å². The number of alkyl halides is 1. The third-order valence-corrected chi connectivity index (χ3v) is 10.1. The first-order chi connectivity index (χ1) is 16.9. The van der Waals surface area contributed by atoms with Gasteiger partial charge in [0.2, 0.25) is 5.78 Å². The van der Waals surface area contributed by atoms with Crippen molar-refractivity contribution in [2.75, 3.05) is 6.61 Å². The quantitative estimate of drug-likeness (QED) is 0.417. The van der Waals surface area contributed by atoms with Crippen LogP contribution < -0.4 is 0 Å². The van der Waals surface area contributed by atoms with Crippen molar-refractivity contribution in [1.29, 1.82) is 0 Å². The maximum Gasteiger partial charge on any atom is 0.306 e. The van der Waals surface area contributed by atoms with Crippen molar-refractivity contribution >= 4 is 35.1 Å². The third-order valence-electron chi connectivity index (χ3n) is 9.65. The number of Topliss-reactive ketones (excluding diaryl/α,β-unsaturated/α-hetero) is 1. The molecule has 3 saturated carbocycles. The van der Waals surface area contributed by atoms with Crippen LogP contribution in [0.1, 0.15) is 66.7 Å². The number of carbonyl (C=O) groups is 4. The molecule has 1 N–H and O–H groups in total. The number of halogens is 1. The smallest absolute Gasteiger partial charge is 0.306 e. The fourth-order valence-electron chi connectivity index (χ4n) is 8.04. The molecule has 0 radical (unpaired) electrons. The summed E-state index contributed by atoms with van der Waals surface area (Å²) in [4.78, 5) is 50.5. The van der Waals surface area contributed by atoms with E-state index in [4.69, 9.17) is 21.1 Å². The number of carbonyl (C=O) groups excluding carboxylic acids is 4. The van der Waals surface area contributed by atoms with Crippen LogP contribution in [0.4, 0.5) is 0 Å². The fourth-order valence-corrected chi connectivity index (χ4v) is 8.54. The Morgan fingerprint density at radius 1 is 1.17 bits per heavy atom. The van der Waals surface area contributed by atoms with E-state index in [1.165, 1.54) is 0 Å². The number of rotatable bonds is 6. The van der Waals surface area contributed by atoms with Gasteiger partial charge in [-0.3, -0.25) is 19.2 Å². The largest absolute Gasteiger partial charge is 0.457 e. The highest BCUT2D eigenvalue weighted by atomic mass is 35.5. The summed E-state index contributed by atoms with van der Waals surface area (Å²) in [5.74, 6) is -2.44. The molecular weight excluding hydrogens is 484 g/mol. The minimum Gasteiger partial charge on any atom is -0.457 e. The molecule has 0 heterocycles. The molecule has 0 aromatic carbocycles. The molecule has 0 amide bonds. The lowest BCUT2D eigenvalue weighted by atomic mass is 9.46. The maximum atomic E-state index is 13.9. The Labute approximate surface area is 217 Å². The summed E-state index contributed by atoms with van der Waals surface area (Å²) >= 11 is 7.04. The summed E-state index contributed by atoms with van der Waals surface area (Å²) in [6, 6.07) is 0. The molecule has 0 aromatic rings. The number of esters is 2. The molecular formula is C28H37ClO7. The Bertz CT molecular complexity index is 1030. The zero-order valence-corrected chi connectivity index (χ0v) is 22.5. The SMILES string of the molecule is CCC(=O)OCC(=O)[C@@]1(OC(=O)CC)[C@H](C)CC2C3C(Cl)CC4=CC(=O)C=C[C@]4(C)C3C(O)C[C@@]21C. The summed E-state index contributed by atoms with van der Waals surface area (Å²) in [7, 11) is 0. The van der Waals surface area contributed by atoms with E-state index in [0.29, 0.717) is 12.8 Å². The minimum atomic E-state index is -1.54. The van der Waals surface area contributed by atoms with Gasteiger partial charge < -0.3 is 14.6 Å². The molecule has 9 atom stereocenters. The van der Waals surface area contributed by atoms with Gasteiger partial charge in [-0.15, -0.1) is 11.6 Å². The second-order valence-corrected chi connectivity index (χ2v) is 12.0. The van der Waals surface area contributed by atoms with Gasteiger partial charge in [-0.05, 0) is 43.3 Å². The van der Waals surface area contributed by atoms with E-state index in [9.17, 15) is 24.3 Å². The third kappa shape index (κ3) is 3.80. The van der Waals surface area contributed by atoms with Crippen LogP contribution in [0.25, 0.3) is 0 Å². The van der Waals surface area contributed by atoms with Gasteiger partial charge in [0.25, 0.3) is 0 Å². The number of ketones is 2. The monoisotopic (exact) mass is 520 g/mol. The summed E-state index contributed by atoms with van der Waals surface area (Å²) < 4.78 is 11.3. The molecule has 5 unspecified atom stereocenters. The van der Waals surface area contributed by atoms with E-state index in [0.717, 1.165) is 5.57 Å². The Morgan fingerprint density at radius 3 is 2.47 bits per heavy atom. The van der Waals surface area contributed by atoms with Gasteiger partial charge in [0, 0.05) is 40.9 Å². The fraction of sp³-hybridized carbons (Fsp3) is 0.714. The molecule has 0 spiro atoms. The minimum absolute atomic E-state index is 0.0767. The van der Waals surface area contributed by atoms with Crippen molar-refractivity contribution in [1.82, 2.24) is 0 Å². The summed E-state index contributed by atoms with van der Waals surface area (Å²) in [6.07, 6.45) is 5.79. The molecule has 0 aromatic heterocycles. The molecule has 4 rings (SSSR count). The first kappa shape index (κ1) is 27.1. The molecule has 4 aliphatic rings. The molecule has 7 nitrogen and oxygen atoms in total. The van der Waals surface area contributed by atoms with E-state index < -0.39 is 46.9 Å². The van der Waals surface area contributed by atoms with Crippen LogP contribution in [0.5, 0.6) is 0 Å². The first-order valence-electron chi connectivity index (χ1n) is 13.0. The van der Waals surface area contributed by atoms with Gasteiger partial charge in [-0.2, -0.15) is 0 Å². The van der Waals surface area contributed by atoms with Gasteiger partial charge in [-0.25, -0.2) is 0 Å². The number of ether oxygens (including phenoxy) is 2. The highest BCUT2D eigenvalue weighted by Gasteiger charge is 2.73. The summed E-state index contributed by atoms with van der Waals surface area (Å²) in [6.45, 7) is 8.69. The number of hydrogen-bond acceptors (Lipinski definition) is 7. The number of hydrogen-bond donors (Lipinski definition) is 1. The van der Waals surface area contributed by atoms with Gasteiger partial charge in [0.15, 0.2) is 18.0 Å². The lowest BCUT2D eigenvalue weighted by Gasteiger charge is -2.61. The standard InChI is InChI=1S/C28H37ClO7/c1-6-22(33)35-14-21(32)28(36-23(34)7-2)15(3)10-18-24-19(29)12-16-11-17(30)8-9-26(16,4)25(24)20(31)13-27(18,28)5/h8-9,11,15,18-20,24-25,31H,6-7,10,12-14H2,1-5H3/t15-,18?,19?,20?,24?,25?,26+,27+,28+/m1/s1. The molecule has 0 aliphatic heterocycles. The lowest BCUT2D eigenvalue weighted by molar-refractivity contribution is -0.205. The zero-order chi connectivity index (χ0) is 26.6. The number of allylic oxidation sites excluding steroid dienone is 4. The normalized spacial score (nSPS) is 43.1. The first-order valence-corrected chi connectivity index (χ1v) is 13.5. The molecule has 198 valence electrons. The van der Waals surface area contributed by atoms with Crippen LogP contribution in [0, 0.1) is 34.5 Å². The van der Waals surface area contributed by atoms with Crippen LogP contribution in [0.3, 0.4) is 0 Å². The van der Waals surface area contributed by atoms with Gasteiger partial charge in [0.1, 0.15) is 0 Å². The lowest BCUT2D eigenvalue weighted by Crippen LogP contribution is -2.65. The average Bonchev–Trinajstić information content (AvgIpc) is 3.04. The molecule has 3 fully saturated rings. The van der Waals surface area contributed by atoms with Crippen molar-refractivity contribution in [3.8, 4) is 0 Å². The Hall–Kier alpha value is -1.99. The summed E-state index contributed by atoms with van der Waals surface area (Å²) in [5.41, 5.74) is -2.06. The van der Waals surface area contributed by atoms with Crippen molar-refractivity contribution < 1.29 is 33.8 Å². The maximum absolute atomic E-state index is 13.9. The second-order valence-electron chi connectivity index (χ2n) is 11.4. The van der Waals surface area contributed by atoms with Crippen LogP contribution >= 0.6 is 11.6 Å². The van der Waals surface area contributed by atoms with Crippen LogP contribution in [0.2, 0.25) is 0 Å². The average molecular weight is 521 g/mol. The number of aliphatic hydroxyl groups is 1. The van der Waals surface area contributed by atoms with Crippen LogP contribution in [0.15, 0.2) is 23.8 Å². The van der Waals surface area contributed by atoms with E-state index in [-0.39, 0.29) is 54.1 Å². The van der Waals surface area contributed by atoms with E-state index in [2.05, 4.69) is 0 Å². The van der Waals surface area contributed by atoms with Gasteiger partial charge >= 0.3 is 11.9 Å². The van der Waals surface area contributed by atoms with E-state index >= 15 is 0 Å². The topological polar surface area (TPSA) is 107 Å². The number of fused-ring (bicyclic) bond motifs is 5. The van der Waals surface area contributed by atoms with Crippen molar-refractivity contribution in [2.45, 2.75) is 83.8 Å². The molecule has 8 heteroatoms. The molecule has 36 heavy (non-hydrogen) atoms. The molecule has 0 bridgehead atoms. The van der Waals surface area contributed by atoms with Crippen molar-refractivity contribution in [2.24, 2.45) is 34.5 Å². The predicted molar refractivity (Wildman–Crippen MR) is 133 cm³/mol. The van der Waals surface area contributed by atoms with Gasteiger partial charge in [-0.1, -0.05) is 46.3 Å². The van der Waals surface area contributed by atoms with Gasteiger partial charge in [0.05, 0.1) is 6.10 Å². The highest BCUT2D eigenvalue weighted by molar-refractivity contribution is 6.21. The van der Waals surface area contributed by atoms with E-state index in [1.54, 1.807) is 26.0 Å². The number of aliphatic hydroxyl groups excluding tert-OH is 1. The second kappa shape index (κ2) is 9.39. The molecule has 4 aliphatic carbocycles.